The lowest BCUT2D eigenvalue weighted by Gasteiger charge is -2.02. The maximum absolute atomic E-state index is 13.4. The number of aromatic nitrogens is 2. The van der Waals surface area contributed by atoms with Crippen molar-refractivity contribution < 1.29 is 4.39 Å². The molecule has 0 unspecified atom stereocenters. The number of hydrogen-bond donors (Lipinski definition) is 1. The first-order chi connectivity index (χ1) is 6.72. The number of fused-ring (bicyclic) bond motifs is 1. The second kappa shape index (κ2) is 3.46. The first kappa shape index (κ1) is 9.27. The van der Waals surface area contributed by atoms with Crippen molar-refractivity contribution >= 4 is 23.1 Å². The molecule has 0 aliphatic rings. The Morgan fingerprint density at radius 2 is 2.29 bits per heavy atom. The molecule has 2 nitrogen and oxygen atoms in total. The van der Waals surface area contributed by atoms with E-state index in [0.29, 0.717) is 27.8 Å². The van der Waals surface area contributed by atoms with Crippen LogP contribution < -0.4 is 0 Å². The average Bonchev–Trinajstić information content (AvgIpc) is 2.19. The van der Waals surface area contributed by atoms with Crippen molar-refractivity contribution in [3.63, 3.8) is 0 Å². The van der Waals surface area contributed by atoms with E-state index in [4.69, 9.17) is 12.2 Å². The highest BCUT2D eigenvalue weighted by Gasteiger charge is 2.03. The van der Waals surface area contributed by atoms with Crippen LogP contribution in [0.25, 0.3) is 10.9 Å². The summed E-state index contributed by atoms with van der Waals surface area (Å²) in [6.45, 7) is 1.94. The summed E-state index contributed by atoms with van der Waals surface area (Å²) in [7, 11) is 0. The van der Waals surface area contributed by atoms with Crippen LogP contribution in [0.3, 0.4) is 0 Å². The molecule has 0 aliphatic heterocycles. The van der Waals surface area contributed by atoms with Crippen LogP contribution in [0, 0.1) is 10.5 Å². The SMILES string of the molecule is CCc1nc(=S)c2cccc(F)c2[nH]1. The summed E-state index contributed by atoms with van der Waals surface area (Å²) in [6, 6.07) is 4.81. The van der Waals surface area contributed by atoms with Crippen molar-refractivity contribution in [2.45, 2.75) is 13.3 Å². The fraction of sp³-hybridized carbons (Fsp3) is 0.200. The van der Waals surface area contributed by atoms with E-state index < -0.39 is 0 Å². The van der Waals surface area contributed by atoms with Gasteiger partial charge >= 0.3 is 0 Å². The minimum atomic E-state index is -0.286. The fourth-order valence-corrected chi connectivity index (χ4v) is 1.63. The van der Waals surface area contributed by atoms with Crippen molar-refractivity contribution in [2.24, 2.45) is 0 Å². The van der Waals surface area contributed by atoms with E-state index in [9.17, 15) is 4.39 Å². The van der Waals surface area contributed by atoms with Crippen LogP contribution in [0.5, 0.6) is 0 Å². The summed E-state index contributed by atoms with van der Waals surface area (Å²) < 4.78 is 13.8. The molecular weight excluding hydrogens is 199 g/mol. The highest BCUT2D eigenvalue weighted by molar-refractivity contribution is 7.71. The van der Waals surface area contributed by atoms with Gasteiger partial charge in [0, 0.05) is 11.8 Å². The van der Waals surface area contributed by atoms with Crippen LogP contribution in [-0.2, 0) is 6.42 Å². The van der Waals surface area contributed by atoms with Crippen molar-refractivity contribution in [1.82, 2.24) is 9.97 Å². The molecule has 0 saturated heterocycles. The number of aromatic amines is 1. The van der Waals surface area contributed by atoms with Crippen LogP contribution in [-0.4, -0.2) is 9.97 Å². The van der Waals surface area contributed by atoms with Gasteiger partial charge in [-0.05, 0) is 12.1 Å². The van der Waals surface area contributed by atoms with Crippen molar-refractivity contribution in [1.29, 1.82) is 0 Å². The Hall–Kier alpha value is -1.29. The topological polar surface area (TPSA) is 28.7 Å². The molecule has 0 bridgehead atoms. The van der Waals surface area contributed by atoms with Crippen LogP contribution >= 0.6 is 12.2 Å². The van der Waals surface area contributed by atoms with E-state index in [1.54, 1.807) is 12.1 Å². The van der Waals surface area contributed by atoms with E-state index >= 15 is 0 Å². The summed E-state index contributed by atoms with van der Waals surface area (Å²) >= 11 is 5.07. The van der Waals surface area contributed by atoms with Gasteiger partial charge in [0.05, 0.1) is 5.52 Å². The molecule has 14 heavy (non-hydrogen) atoms. The summed E-state index contributed by atoms with van der Waals surface area (Å²) in [5.74, 6) is 0.429. The lowest BCUT2D eigenvalue weighted by molar-refractivity contribution is 0.635. The molecule has 0 spiro atoms. The number of benzene rings is 1. The zero-order valence-corrected chi connectivity index (χ0v) is 8.49. The summed E-state index contributed by atoms with van der Waals surface area (Å²) in [5, 5.41) is 0.664. The third kappa shape index (κ3) is 1.42. The smallest absolute Gasteiger partial charge is 0.147 e. The first-order valence-electron chi connectivity index (χ1n) is 4.39. The van der Waals surface area contributed by atoms with Crippen LogP contribution in [0.2, 0.25) is 0 Å². The van der Waals surface area contributed by atoms with Gasteiger partial charge in [0.2, 0.25) is 0 Å². The van der Waals surface area contributed by atoms with Crippen molar-refractivity contribution in [3.8, 4) is 0 Å². The standard InChI is InChI=1S/C10H9FN2S/c1-2-8-12-9-6(10(14)13-8)4-3-5-7(9)11/h3-5H,2H2,1H3,(H,12,13,14). The van der Waals surface area contributed by atoms with Gasteiger partial charge in [-0.25, -0.2) is 9.37 Å². The number of H-pyrrole nitrogens is 1. The molecule has 0 fully saturated rings. The van der Waals surface area contributed by atoms with Gasteiger partial charge in [-0.15, -0.1) is 0 Å². The van der Waals surface area contributed by atoms with Gasteiger partial charge in [0.25, 0.3) is 0 Å². The van der Waals surface area contributed by atoms with Crippen molar-refractivity contribution in [3.05, 3.63) is 34.5 Å². The maximum Gasteiger partial charge on any atom is 0.147 e. The molecule has 72 valence electrons. The van der Waals surface area contributed by atoms with Gasteiger partial charge < -0.3 is 4.98 Å². The molecule has 0 radical (unpaired) electrons. The van der Waals surface area contributed by atoms with Gasteiger partial charge in [0.1, 0.15) is 16.3 Å². The second-order valence-electron chi connectivity index (χ2n) is 3.00. The van der Waals surface area contributed by atoms with E-state index in [1.165, 1.54) is 6.07 Å². The lowest BCUT2D eigenvalue weighted by atomic mass is 10.2. The minimum Gasteiger partial charge on any atom is -0.341 e. The highest BCUT2D eigenvalue weighted by Crippen LogP contribution is 2.15. The Bertz CT molecular complexity index is 533. The lowest BCUT2D eigenvalue weighted by Crippen LogP contribution is -1.95. The number of halogens is 1. The minimum absolute atomic E-state index is 0.286. The Morgan fingerprint density at radius 3 is 3.00 bits per heavy atom. The number of para-hydroxylation sites is 1. The summed E-state index contributed by atoms with van der Waals surface area (Å²) in [6.07, 6.45) is 0.716. The normalized spacial score (nSPS) is 10.7. The third-order valence-corrected chi connectivity index (χ3v) is 2.40. The number of hydrogen-bond acceptors (Lipinski definition) is 2. The van der Waals surface area contributed by atoms with Gasteiger partial charge in [-0.1, -0.05) is 25.2 Å². The molecule has 0 aliphatic carbocycles. The Kier molecular flexibility index (Phi) is 2.29. The molecule has 1 aromatic carbocycles. The molecule has 4 heteroatoms. The van der Waals surface area contributed by atoms with Gasteiger partial charge in [0.15, 0.2) is 0 Å². The molecule has 1 N–H and O–H groups in total. The molecule has 0 amide bonds. The highest BCUT2D eigenvalue weighted by atomic mass is 32.1. The third-order valence-electron chi connectivity index (χ3n) is 2.08. The molecule has 2 rings (SSSR count). The molecule has 0 saturated carbocycles. The first-order valence-corrected chi connectivity index (χ1v) is 4.80. The van der Waals surface area contributed by atoms with Crippen LogP contribution in [0.1, 0.15) is 12.7 Å². The van der Waals surface area contributed by atoms with E-state index in [0.717, 1.165) is 0 Å². The van der Waals surface area contributed by atoms with Gasteiger partial charge in [-0.3, -0.25) is 0 Å². The largest absolute Gasteiger partial charge is 0.341 e. The Morgan fingerprint density at radius 1 is 1.50 bits per heavy atom. The number of nitrogens with zero attached hydrogens (tertiary/aromatic N) is 1. The zero-order chi connectivity index (χ0) is 10.1. The summed E-state index contributed by atoms with van der Waals surface area (Å²) in [5.41, 5.74) is 0.448. The Balaban J connectivity index is 2.91. The number of aryl methyl sites for hydroxylation is 1. The fourth-order valence-electron chi connectivity index (χ4n) is 1.35. The maximum atomic E-state index is 13.4. The molecular formula is C10H9FN2S. The molecule has 2 aromatic rings. The number of rotatable bonds is 1. The number of nitrogens with one attached hydrogen (secondary N) is 1. The van der Waals surface area contributed by atoms with Crippen LogP contribution in [0.15, 0.2) is 18.2 Å². The van der Waals surface area contributed by atoms with E-state index in [1.807, 2.05) is 6.92 Å². The van der Waals surface area contributed by atoms with Crippen LogP contribution in [0.4, 0.5) is 4.39 Å². The predicted molar refractivity (Wildman–Crippen MR) is 56.3 cm³/mol. The van der Waals surface area contributed by atoms with E-state index in [-0.39, 0.29) is 5.82 Å². The predicted octanol–water partition coefficient (Wildman–Crippen LogP) is 2.99. The quantitative estimate of drug-likeness (QED) is 0.730. The zero-order valence-electron chi connectivity index (χ0n) is 7.67. The van der Waals surface area contributed by atoms with Crippen molar-refractivity contribution in [2.75, 3.05) is 0 Å². The van der Waals surface area contributed by atoms with Gasteiger partial charge in [-0.2, -0.15) is 0 Å². The molecule has 0 atom stereocenters. The second-order valence-corrected chi connectivity index (χ2v) is 3.39. The molecule has 1 aromatic heterocycles. The summed E-state index contributed by atoms with van der Waals surface area (Å²) in [4.78, 5) is 7.09. The monoisotopic (exact) mass is 208 g/mol. The average molecular weight is 208 g/mol. The Labute approximate surface area is 85.8 Å². The van der Waals surface area contributed by atoms with E-state index in [2.05, 4.69) is 9.97 Å². The molecule has 1 heterocycles.